The van der Waals surface area contributed by atoms with E-state index in [0.29, 0.717) is 37.3 Å². The van der Waals surface area contributed by atoms with Crippen LogP contribution in [0.15, 0.2) is 4.52 Å². The third-order valence-corrected chi connectivity index (χ3v) is 3.06. The van der Waals surface area contributed by atoms with E-state index in [1.54, 1.807) is 6.92 Å². The SMILES string of the molecule is CCOC(=O)C(CC(C)C)c1nc(C(CC)OCC)no1. The number of carbonyl (C=O) groups is 1. The molecular weight excluding hydrogens is 272 g/mol. The van der Waals surface area contributed by atoms with Gasteiger partial charge in [0.1, 0.15) is 12.0 Å². The largest absolute Gasteiger partial charge is 0.465 e. The fourth-order valence-electron chi connectivity index (χ4n) is 2.11. The Morgan fingerprint density at radius 1 is 1.24 bits per heavy atom. The highest BCUT2D eigenvalue weighted by Crippen LogP contribution is 2.26. The van der Waals surface area contributed by atoms with Gasteiger partial charge in [0.25, 0.3) is 0 Å². The van der Waals surface area contributed by atoms with Gasteiger partial charge in [0.15, 0.2) is 0 Å². The van der Waals surface area contributed by atoms with Crippen LogP contribution < -0.4 is 0 Å². The molecule has 120 valence electrons. The molecule has 0 fully saturated rings. The summed E-state index contributed by atoms with van der Waals surface area (Å²) in [4.78, 5) is 16.4. The van der Waals surface area contributed by atoms with Gasteiger partial charge < -0.3 is 14.0 Å². The Hall–Kier alpha value is -1.43. The topological polar surface area (TPSA) is 74.5 Å². The molecule has 0 N–H and O–H groups in total. The van der Waals surface area contributed by atoms with Gasteiger partial charge in [0.05, 0.1) is 6.61 Å². The molecule has 0 radical (unpaired) electrons. The molecule has 1 aromatic heterocycles. The van der Waals surface area contributed by atoms with E-state index >= 15 is 0 Å². The third-order valence-electron chi connectivity index (χ3n) is 3.06. The molecule has 0 saturated carbocycles. The highest BCUT2D eigenvalue weighted by molar-refractivity contribution is 5.76. The number of carbonyl (C=O) groups excluding carboxylic acids is 1. The lowest BCUT2D eigenvalue weighted by Crippen LogP contribution is -2.18. The number of nitrogens with zero attached hydrogens (tertiary/aromatic N) is 2. The summed E-state index contributed by atoms with van der Waals surface area (Å²) in [6.45, 7) is 10.7. The lowest BCUT2D eigenvalue weighted by Gasteiger charge is -2.13. The molecule has 0 amide bonds. The maximum atomic E-state index is 12.1. The first kappa shape index (κ1) is 17.6. The number of hydrogen-bond acceptors (Lipinski definition) is 6. The zero-order valence-electron chi connectivity index (χ0n) is 13.6. The predicted octanol–water partition coefficient (Wildman–Crippen LogP) is 3.25. The molecule has 0 aliphatic heterocycles. The lowest BCUT2D eigenvalue weighted by atomic mass is 9.97. The van der Waals surface area contributed by atoms with Crippen LogP contribution in [-0.2, 0) is 14.3 Å². The van der Waals surface area contributed by atoms with Gasteiger partial charge in [-0.05, 0) is 32.6 Å². The van der Waals surface area contributed by atoms with Gasteiger partial charge in [0.2, 0.25) is 11.7 Å². The average Bonchev–Trinajstić information content (AvgIpc) is 2.91. The Morgan fingerprint density at radius 3 is 2.48 bits per heavy atom. The Bertz CT molecular complexity index is 431. The molecule has 2 unspecified atom stereocenters. The van der Waals surface area contributed by atoms with E-state index in [9.17, 15) is 4.79 Å². The highest BCUT2D eigenvalue weighted by Gasteiger charge is 2.30. The van der Waals surface area contributed by atoms with Gasteiger partial charge in [0, 0.05) is 6.61 Å². The molecule has 1 aromatic rings. The number of esters is 1. The standard InChI is InChI=1S/C15H26N2O4/c1-6-12(19-7-2)13-16-14(21-17-13)11(9-10(4)5)15(18)20-8-3/h10-12H,6-9H2,1-5H3. The van der Waals surface area contributed by atoms with E-state index in [1.165, 1.54) is 0 Å². The van der Waals surface area contributed by atoms with Crippen molar-refractivity contribution in [2.45, 2.75) is 59.5 Å². The Kier molecular flexibility index (Phi) is 7.36. The number of ether oxygens (including phenoxy) is 2. The quantitative estimate of drug-likeness (QED) is 0.651. The zero-order chi connectivity index (χ0) is 15.8. The Balaban J connectivity index is 2.92. The second kappa shape index (κ2) is 8.77. The van der Waals surface area contributed by atoms with Crippen LogP contribution in [0.25, 0.3) is 0 Å². The molecule has 0 aliphatic carbocycles. The van der Waals surface area contributed by atoms with Crippen LogP contribution in [-0.4, -0.2) is 29.3 Å². The zero-order valence-corrected chi connectivity index (χ0v) is 13.6. The summed E-state index contributed by atoms with van der Waals surface area (Å²) >= 11 is 0. The van der Waals surface area contributed by atoms with Crippen LogP contribution in [0.4, 0.5) is 0 Å². The number of rotatable bonds is 9. The van der Waals surface area contributed by atoms with Crippen molar-refractivity contribution < 1.29 is 18.8 Å². The summed E-state index contributed by atoms with van der Waals surface area (Å²) in [6.07, 6.45) is 1.17. The first-order chi connectivity index (χ1) is 10.0. The molecule has 0 bridgehead atoms. The second-order valence-corrected chi connectivity index (χ2v) is 5.28. The first-order valence-electron chi connectivity index (χ1n) is 7.65. The van der Waals surface area contributed by atoms with Crippen molar-refractivity contribution in [3.05, 3.63) is 11.7 Å². The van der Waals surface area contributed by atoms with Crippen molar-refractivity contribution in [1.82, 2.24) is 10.1 Å². The van der Waals surface area contributed by atoms with Crippen LogP contribution >= 0.6 is 0 Å². The van der Waals surface area contributed by atoms with E-state index < -0.39 is 5.92 Å². The van der Waals surface area contributed by atoms with Crippen LogP contribution in [0.1, 0.15) is 71.2 Å². The molecule has 1 rings (SSSR count). The number of aromatic nitrogens is 2. The minimum Gasteiger partial charge on any atom is -0.465 e. The summed E-state index contributed by atoms with van der Waals surface area (Å²) < 4.78 is 15.9. The third kappa shape index (κ3) is 5.12. The van der Waals surface area contributed by atoms with Crippen LogP contribution in [0, 0.1) is 5.92 Å². The van der Waals surface area contributed by atoms with Gasteiger partial charge in [-0.25, -0.2) is 0 Å². The van der Waals surface area contributed by atoms with Crippen molar-refractivity contribution in [2.75, 3.05) is 13.2 Å². The van der Waals surface area contributed by atoms with E-state index in [1.807, 2.05) is 27.7 Å². The molecule has 21 heavy (non-hydrogen) atoms. The van der Waals surface area contributed by atoms with Crippen molar-refractivity contribution in [2.24, 2.45) is 5.92 Å². The fraction of sp³-hybridized carbons (Fsp3) is 0.800. The molecule has 0 spiro atoms. The van der Waals surface area contributed by atoms with E-state index in [-0.39, 0.29) is 12.1 Å². The highest BCUT2D eigenvalue weighted by atomic mass is 16.5. The summed E-state index contributed by atoms with van der Waals surface area (Å²) in [6, 6.07) is 0. The monoisotopic (exact) mass is 298 g/mol. The second-order valence-electron chi connectivity index (χ2n) is 5.28. The molecule has 1 heterocycles. The van der Waals surface area contributed by atoms with Crippen LogP contribution in [0.5, 0.6) is 0 Å². The van der Waals surface area contributed by atoms with E-state index in [0.717, 1.165) is 6.42 Å². The maximum Gasteiger partial charge on any atom is 0.318 e. The molecule has 6 heteroatoms. The smallest absolute Gasteiger partial charge is 0.318 e. The van der Waals surface area contributed by atoms with Gasteiger partial charge in [-0.3, -0.25) is 4.79 Å². The van der Waals surface area contributed by atoms with Crippen LogP contribution in [0.3, 0.4) is 0 Å². The van der Waals surface area contributed by atoms with Crippen LogP contribution in [0.2, 0.25) is 0 Å². The average molecular weight is 298 g/mol. The maximum absolute atomic E-state index is 12.1. The molecular formula is C15H26N2O4. The predicted molar refractivity (Wildman–Crippen MR) is 77.8 cm³/mol. The van der Waals surface area contributed by atoms with Gasteiger partial charge >= 0.3 is 5.97 Å². The minimum absolute atomic E-state index is 0.200. The van der Waals surface area contributed by atoms with Crippen molar-refractivity contribution >= 4 is 5.97 Å². The fourth-order valence-corrected chi connectivity index (χ4v) is 2.11. The summed E-state index contributed by atoms with van der Waals surface area (Å²) in [5.74, 6) is 0.308. The molecule has 2 atom stereocenters. The van der Waals surface area contributed by atoms with Crippen molar-refractivity contribution in [3.8, 4) is 0 Å². The Labute approximate surface area is 126 Å². The molecule has 0 aromatic carbocycles. The van der Waals surface area contributed by atoms with E-state index in [2.05, 4.69) is 10.1 Å². The minimum atomic E-state index is -0.509. The van der Waals surface area contributed by atoms with Crippen molar-refractivity contribution in [3.63, 3.8) is 0 Å². The number of hydrogen-bond donors (Lipinski definition) is 0. The van der Waals surface area contributed by atoms with Gasteiger partial charge in [-0.1, -0.05) is 25.9 Å². The normalized spacial score (nSPS) is 14.2. The summed E-state index contributed by atoms with van der Waals surface area (Å²) in [7, 11) is 0. The van der Waals surface area contributed by atoms with Crippen molar-refractivity contribution in [1.29, 1.82) is 0 Å². The first-order valence-corrected chi connectivity index (χ1v) is 7.65. The molecule has 0 aliphatic rings. The van der Waals surface area contributed by atoms with E-state index in [4.69, 9.17) is 14.0 Å². The van der Waals surface area contributed by atoms with Gasteiger partial charge in [-0.2, -0.15) is 4.98 Å². The molecule has 6 nitrogen and oxygen atoms in total. The van der Waals surface area contributed by atoms with Gasteiger partial charge in [-0.15, -0.1) is 0 Å². The Morgan fingerprint density at radius 2 is 1.95 bits per heavy atom. The lowest BCUT2D eigenvalue weighted by molar-refractivity contribution is -0.146. The molecule has 0 saturated heterocycles. The summed E-state index contributed by atoms with van der Waals surface area (Å²) in [5, 5.41) is 3.96. The summed E-state index contributed by atoms with van der Waals surface area (Å²) in [5.41, 5.74) is 0.